The van der Waals surface area contributed by atoms with Gasteiger partial charge in [-0.2, -0.15) is 13.2 Å². The summed E-state index contributed by atoms with van der Waals surface area (Å²) in [5.74, 6) is -1.51. The van der Waals surface area contributed by atoms with Crippen molar-refractivity contribution in [1.82, 2.24) is 5.32 Å². The largest absolute Gasteiger partial charge is 0.489 e. The molecule has 4 nitrogen and oxygen atoms in total. The van der Waals surface area contributed by atoms with Gasteiger partial charge < -0.3 is 9.84 Å². The maximum atomic E-state index is 14.2. The first-order chi connectivity index (χ1) is 12.5. The lowest BCUT2D eigenvalue weighted by Gasteiger charge is -2.21. The topological polar surface area (TPSA) is 58.6 Å². The lowest BCUT2D eigenvalue weighted by atomic mass is 10.1. The molecule has 0 amide bonds. The zero-order chi connectivity index (χ0) is 20.2. The van der Waals surface area contributed by atoms with Crippen LogP contribution in [-0.4, -0.2) is 16.6 Å². The summed E-state index contributed by atoms with van der Waals surface area (Å²) in [6, 6.07) is 8.72. The van der Waals surface area contributed by atoms with Crippen molar-refractivity contribution in [2.75, 3.05) is 0 Å². The van der Waals surface area contributed by atoms with E-state index in [1.54, 1.807) is 0 Å². The van der Waals surface area contributed by atoms with Crippen molar-refractivity contribution in [2.24, 2.45) is 0 Å². The average molecular weight is 385 g/mol. The highest BCUT2D eigenvalue weighted by Crippen LogP contribution is 2.29. The Hall–Kier alpha value is -2.61. The maximum Gasteiger partial charge on any atom is 0.416 e. The first-order valence-corrected chi connectivity index (χ1v) is 8.05. The van der Waals surface area contributed by atoms with Crippen LogP contribution in [0.15, 0.2) is 42.5 Å². The van der Waals surface area contributed by atoms with E-state index in [9.17, 15) is 22.4 Å². The maximum absolute atomic E-state index is 14.2. The number of halogens is 4. The van der Waals surface area contributed by atoms with Crippen LogP contribution in [0.1, 0.15) is 30.5 Å². The molecule has 2 rings (SSSR count). The zero-order valence-electron chi connectivity index (χ0n) is 14.7. The molecular weight excluding hydrogens is 366 g/mol. The molecule has 2 N–H and O–H groups in total. The van der Waals surface area contributed by atoms with Gasteiger partial charge in [-0.1, -0.05) is 18.2 Å². The number of alkyl halides is 3. The van der Waals surface area contributed by atoms with E-state index in [4.69, 9.17) is 9.84 Å². The van der Waals surface area contributed by atoms with Crippen molar-refractivity contribution >= 4 is 5.97 Å². The Bertz CT molecular complexity index is 819. The number of nitrogens with one attached hydrogen (secondary N) is 1. The monoisotopic (exact) mass is 385 g/mol. The summed E-state index contributed by atoms with van der Waals surface area (Å²) in [4.78, 5) is 11.0. The molecule has 0 unspecified atom stereocenters. The second-order valence-electron chi connectivity index (χ2n) is 6.52. The van der Waals surface area contributed by atoms with E-state index >= 15 is 0 Å². The lowest BCUT2D eigenvalue weighted by Crippen LogP contribution is -2.46. The zero-order valence-corrected chi connectivity index (χ0v) is 14.7. The Morgan fingerprint density at radius 1 is 1.15 bits per heavy atom. The highest BCUT2D eigenvalue weighted by Gasteiger charge is 2.30. The summed E-state index contributed by atoms with van der Waals surface area (Å²) in [6.07, 6.45) is -4.44. The summed E-state index contributed by atoms with van der Waals surface area (Å²) in [7, 11) is 0. The van der Waals surface area contributed by atoms with Crippen LogP contribution in [-0.2, 0) is 24.1 Å². The molecule has 0 saturated carbocycles. The molecule has 8 heteroatoms. The number of hydrogen-bond acceptors (Lipinski definition) is 3. The number of carbonyl (C=O) groups is 1. The van der Waals surface area contributed by atoms with Crippen LogP contribution in [0.25, 0.3) is 0 Å². The highest BCUT2D eigenvalue weighted by atomic mass is 19.4. The van der Waals surface area contributed by atoms with Crippen molar-refractivity contribution in [3.05, 3.63) is 65.0 Å². The minimum absolute atomic E-state index is 0.000951. The Labute approximate surface area is 153 Å². The molecule has 0 aliphatic heterocycles. The minimum atomic E-state index is -4.44. The molecule has 2 aromatic rings. The van der Waals surface area contributed by atoms with Gasteiger partial charge in [-0.3, -0.25) is 10.1 Å². The fraction of sp³-hybridized carbons (Fsp3) is 0.316. The van der Waals surface area contributed by atoms with E-state index in [0.29, 0.717) is 5.56 Å². The number of ether oxygens (including phenoxy) is 1. The van der Waals surface area contributed by atoms with E-state index < -0.39 is 29.1 Å². The Morgan fingerprint density at radius 3 is 2.44 bits per heavy atom. The first-order valence-electron chi connectivity index (χ1n) is 8.05. The molecular formula is C19H19F4NO3. The molecule has 0 saturated heterocycles. The van der Waals surface area contributed by atoms with Crippen LogP contribution in [0.2, 0.25) is 0 Å². The number of carboxylic acids is 1. The van der Waals surface area contributed by atoms with Gasteiger partial charge in [0.15, 0.2) is 0 Å². The quantitative estimate of drug-likeness (QED) is 0.695. The van der Waals surface area contributed by atoms with Crippen LogP contribution in [0.4, 0.5) is 17.6 Å². The van der Waals surface area contributed by atoms with E-state index in [2.05, 4.69) is 5.32 Å². The molecule has 146 valence electrons. The predicted octanol–water partition coefficient (Wildman–Crippen LogP) is 4.38. The van der Waals surface area contributed by atoms with Crippen molar-refractivity contribution < 1.29 is 32.2 Å². The van der Waals surface area contributed by atoms with Crippen molar-refractivity contribution in [2.45, 2.75) is 38.7 Å². The van der Waals surface area contributed by atoms with Crippen LogP contribution in [0.3, 0.4) is 0 Å². The van der Waals surface area contributed by atoms with E-state index in [0.717, 1.165) is 18.2 Å². The fourth-order valence-corrected chi connectivity index (χ4v) is 2.16. The van der Waals surface area contributed by atoms with Gasteiger partial charge in [0.05, 0.1) is 5.56 Å². The SMILES string of the molecule is CC(C)(NCc1ccc(OCc2cccc(C(F)(F)F)c2)cc1F)C(=O)O. The smallest absolute Gasteiger partial charge is 0.416 e. The van der Waals surface area contributed by atoms with Gasteiger partial charge in [0, 0.05) is 18.2 Å². The molecule has 0 aliphatic carbocycles. The molecule has 0 bridgehead atoms. The molecule has 0 aliphatic rings. The van der Waals surface area contributed by atoms with Gasteiger partial charge in [0.1, 0.15) is 23.7 Å². The number of rotatable bonds is 7. The van der Waals surface area contributed by atoms with Gasteiger partial charge in [-0.25, -0.2) is 4.39 Å². The molecule has 0 aromatic heterocycles. The summed E-state index contributed by atoms with van der Waals surface area (Å²) in [6.45, 7) is 2.77. The average Bonchev–Trinajstić information content (AvgIpc) is 2.58. The van der Waals surface area contributed by atoms with Crippen LogP contribution < -0.4 is 10.1 Å². The third-order valence-electron chi connectivity index (χ3n) is 3.94. The molecule has 0 heterocycles. The number of carboxylic acid groups (broad SMARTS) is 1. The number of aliphatic carboxylic acids is 1. The molecule has 2 aromatic carbocycles. The second-order valence-corrected chi connectivity index (χ2v) is 6.52. The molecule has 27 heavy (non-hydrogen) atoms. The second kappa shape index (κ2) is 7.96. The number of benzene rings is 2. The Balaban J connectivity index is 2.01. The standard InChI is InChI=1S/C19H19F4NO3/c1-18(2,17(25)26)24-10-13-6-7-15(9-16(13)20)27-11-12-4-3-5-14(8-12)19(21,22)23/h3-9,24H,10-11H2,1-2H3,(H,25,26). The van der Waals surface area contributed by atoms with Gasteiger partial charge >= 0.3 is 12.1 Å². The summed E-state index contributed by atoms with van der Waals surface area (Å²) < 4.78 is 57.6. The van der Waals surface area contributed by atoms with Crippen molar-refractivity contribution in [3.8, 4) is 5.75 Å². The third-order valence-corrected chi connectivity index (χ3v) is 3.94. The van der Waals surface area contributed by atoms with Gasteiger partial charge in [0.2, 0.25) is 0 Å². The van der Waals surface area contributed by atoms with Crippen molar-refractivity contribution in [3.63, 3.8) is 0 Å². The van der Waals surface area contributed by atoms with Crippen molar-refractivity contribution in [1.29, 1.82) is 0 Å². The van der Waals surface area contributed by atoms with Crippen LogP contribution >= 0.6 is 0 Å². The Morgan fingerprint density at radius 2 is 1.85 bits per heavy atom. The Kier molecular flexibility index (Phi) is 6.10. The molecule has 0 radical (unpaired) electrons. The minimum Gasteiger partial charge on any atom is -0.489 e. The lowest BCUT2D eigenvalue weighted by molar-refractivity contribution is -0.143. The normalized spacial score (nSPS) is 12.1. The van der Waals surface area contributed by atoms with E-state index in [-0.39, 0.29) is 24.5 Å². The predicted molar refractivity (Wildman–Crippen MR) is 90.7 cm³/mol. The highest BCUT2D eigenvalue weighted by molar-refractivity contribution is 5.77. The molecule has 0 spiro atoms. The fourth-order valence-electron chi connectivity index (χ4n) is 2.16. The van der Waals surface area contributed by atoms with Gasteiger partial charge in [-0.15, -0.1) is 0 Å². The van der Waals surface area contributed by atoms with Gasteiger partial charge in [0.25, 0.3) is 0 Å². The first kappa shape index (κ1) is 20.7. The third kappa shape index (κ3) is 5.68. The van der Waals surface area contributed by atoms with E-state index in [1.165, 1.54) is 38.1 Å². The molecule has 0 atom stereocenters. The van der Waals surface area contributed by atoms with Crippen LogP contribution in [0, 0.1) is 5.82 Å². The summed E-state index contributed by atoms with van der Waals surface area (Å²) >= 11 is 0. The van der Waals surface area contributed by atoms with Gasteiger partial charge in [-0.05, 0) is 37.6 Å². The summed E-state index contributed by atoms with van der Waals surface area (Å²) in [5, 5.41) is 11.8. The number of hydrogen-bond donors (Lipinski definition) is 2. The molecule has 0 fully saturated rings. The van der Waals surface area contributed by atoms with Crippen LogP contribution in [0.5, 0.6) is 5.75 Å². The summed E-state index contributed by atoms with van der Waals surface area (Å²) in [5.41, 5.74) is -1.45. The van der Waals surface area contributed by atoms with E-state index in [1.807, 2.05) is 0 Å².